The molecule has 1 unspecified atom stereocenters. The fourth-order valence-corrected chi connectivity index (χ4v) is 0.690. The van der Waals surface area contributed by atoms with Crippen LogP contribution in [0.25, 0.3) is 0 Å². The molecule has 0 fully saturated rings. The molecule has 75 valence electrons. The van der Waals surface area contributed by atoms with Crippen molar-refractivity contribution in [2.24, 2.45) is 0 Å². The molecule has 0 rings (SSSR count). The van der Waals surface area contributed by atoms with Crippen LogP contribution in [0.15, 0.2) is 12.7 Å². The Morgan fingerprint density at radius 2 is 2.38 bits per heavy atom. The maximum Gasteiger partial charge on any atom is 0.330 e. The first-order chi connectivity index (χ1) is 6.20. The van der Waals surface area contributed by atoms with E-state index in [1.54, 1.807) is 0 Å². The molecule has 0 aromatic heterocycles. The molecule has 1 radical (unpaired) electrons. The lowest BCUT2D eigenvalue weighted by Gasteiger charge is -2.10. The average molecular weight is 186 g/mol. The van der Waals surface area contributed by atoms with Gasteiger partial charge in [0.05, 0.1) is 0 Å². The molecule has 0 aromatic rings. The van der Waals surface area contributed by atoms with Gasteiger partial charge in [-0.2, -0.15) is 0 Å². The maximum absolute atomic E-state index is 10.6. The molecular weight excluding hydrogens is 170 g/mol. The van der Waals surface area contributed by atoms with Crippen LogP contribution in [0.5, 0.6) is 0 Å². The highest BCUT2D eigenvalue weighted by Gasteiger charge is 2.05. The first-order valence-corrected chi connectivity index (χ1v) is 4.18. The third-order valence-electron chi connectivity index (χ3n) is 1.32. The molecule has 0 aliphatic carbocycles. The van der Waals surface area contributed by atoms with Crippen molar-refractivity contribution in [3.63, 3.8) is 0 Å². The second kappa shape index (κ2) is 7.76. The Balaban J connectivity index is 3.34. The van der Waals surface area contributed by atoms with E-state index in [0.29, 0.717) is 6.54 Å². The molecule has 0 heterocycles. The summed E-state index contributed by atoms with van der Waals surface area (Å²) in [6.45, 7) is 8.00. The van der Waals surface area contributed by atoms with Crippen molar-refractivity contribution in [2.45, 2.75) is 12.5 Å². The maximum atomic E-state index is 10.6. The fraction of sp³-hybridized carbons (Fsp3) is 0.556. The predicted octanol–water partition coefficient (Wildman–Crippen LogP) is -0.110. The molecule has 0 spiro atoms. The second-order valence-electron chi connectivity index (χ2n) is 2.55. The zero-order valence-electron chi connectivity index (χ0n) is 7.66. The van der Waals surface area contributed by atoms with E-state index >= 15 is 0 Å². The Morgan fingerprint density at radius 3 is 2.92 bits per heavy atom. The highest BCUT2D eigenvalue weighted by atomic mass is 16.5. The minimum atomic E-state index is -0.671. The van der Waals surface area contributed by atoms with E-state index in [2.05, 4.69) is 23.6 Å². The van der Waals surface area contributed by atoms with Gasteiger partial charge in [-0.05, 0) is 13.0 Å². The molecule has 13 heavy (non-hydrogen) atoms. The predicted molar refractivity (Wildman–Crippen MR) is 50.0 cm³/mol. The number of rotatable bonds is 7. The largest absolute Gasteiger partial charge is 0.460 e. The van der Waals surface area contributed by atoms with E-state index in [9.17, 15) is 9.90 Å². The molecule has 0 saturated heterocycles. The summed E-state index contributed by atoms with van der Waals surface area (Å²) in [5.41, 5.74) is 0. The number of nitrogens with one attached hydrogen (secondary N) is 1. The third-order valence-corrected chi connectivity index (χ3v) is 1.32. The number of aliphatic hydroxyl groups is 1. The van der Waals surface area contributed by atoms with E-state index in [4.69, 9.17) is 0 Å². The number of hydrogen-bond donors (Lipinski definition) is 2. The lowest BCUT2D eigenvalue weighted by molar-refractivity contribution is -0.140. The van der Waals surface area contributed by atoms with Crippen molar-refractivity contribution in [1.29, 1.82) is 0 Å². The zero-order chi connectivity index (χ0) is 10.1. The van der Waals surface area contributed by atoms with E-state index in [-0.39, 0.29) is 6.61 Å². The van der Waals surface area contributed by atoms with Crippen molar-refractivity contribution in [3.8, 4) is 0 Å². The molecule has 4 heteroatoms. The minimum Gasteiger partial charge on any atom is -0.460 e. The summed E-state index contributed by atoms with van der Waals surface area (Å²) in [5.74, 6) is -0.517. The SMILES string of the molecule is [CH2]CCNCC(O)COC(=O)C=C. The Kier molecular flexibility index (Phi) is 7.24. The highest BCUT2D eigenvalue weighted by molar-refractivity contribution is 5.81. The van der Waals surface area contributed by atoms with Gasteiger partial charge < -0.3 is 15.2 Å². The summed E-state index contributed by atoms with van der Waals surface area (Å²) < 4.78 is 4.62. The van der Waals surface area contributed by atoms with Gasteiger partial charge in [0, 0.05) is 12.6 Å². The van der Waals surface area contributed by atoms with E-state index in [0.717, 1.165) is 19.0 Å². The van der Waals surface area contributed by atoms with Crippen LogP contribution in [-0.4, -0.2) is 36.9 Å². The summed E-state index contributed by atoms with van der Waals surface area (Å²) in [5, 5.41) is 12.2. The van der Waals surface area contributed by atoms with Crippen LogP contribution in [0.3, 0.4) is 0 Å². The minimum absolute atomic E-state index is 0.00496. The number of carbonyl (C=O) groups is 1. The summed E-state index contributed by atoms with van der Waals surface area (Å²) >= 11 is 0. The van der Waals surface area contributed by atoms with Gasteiger partial charge in [-0.15, -0.1) is 0 Å². The van der Waals surface area contributed by atoms with Crippen LogP contribution in [0.1, 0.15) is 6.42 Å². The van der Waals surface area contributed by atoms with Gasteiger partial charge in [0.25, 0.3) is 0 Å². The quantitative estimate of drug-likeness (QED) is 0.331. The normalized spacial score (nSPS) is 12.2. The van der Waals surface area contributed by atoms with Gasteiger partial charge in [-0.1, -0.05) is 13.5 Å². The van der Waals surface area contributed by atoms with Crippen LogP contribution in [0.4, 0.5) is 0 Å². The Morgan fingerprint density at radius 1 is 1.69 bits per heavy atom. The van der Waals surface area contributed by atoms with E-state index in [1.807, 2.05) is 0 Å². The molecule has 2 N–H and O–H groups in total. The van der Waals surface area contributed by atoms with Gasteiger partial charge in [0.15, 0.2) is 0 Å². The lowest BCUT2D eigenvalue weighted by atomic mass is 10.3. The number of esters is 1. The van der Waals surface area contributed by atoms with Gasteiger partial charge in [0.2, 0.25) is 0 Å². The number of hydrogen-bond acceptors (Lipinski definition) is 4. The van der Waals surface area contributed by atoms with Crippen LogP contribution in [0, 0.1) is 6.92 Å². The molecule has 0 aliphatic heterocycles. The molecule has 0 amide bonds. The molecule has 0 bridgehead atoms. The van der Waals surface area contributed by atoms with Crippen molar-refractivity contribution >= 4 is 5.97 Å². The molecule has 4 nitrogen and oxygen atoms in total. The lowest BCUT2D eigenvalue weighted by Crippen LogP contribution is -2.31. The van der Waals surface area contributed by atoms with Crippen LogP contribution in [0.2, 0.25) is 0 Å². The monoisotopic (exact) mass is 186 g/mol. The van der Waals surface area contributed by atoms with E-state index < -0.39 is 12.1 Å². The smallest absolute Gasteiger partial charge is 0.330 e. The average Bonchev–Trinajstić information content (AvgIpc) is 2.14. The van der Waals surface area contributed by atoms with Crippen LogP contribution >= 0.6 is 0 Å². The van der Waals surface area contributed by atoms with Gasteiger partial charge >= 0.3 is 5.97 Å². The van der Waals surface area contributed by atoms with Gasteiger partial charge in [-0.25, -0.2) is 4.79 Å². The Bertz CT molecular complexity index is 159. The number of ether oxygens (including phenoxy) is 1. The summed E-state index contributed by atoms with van der Waals surface area (Å²) in [6.07, 6.45) is 1.16. The van der Waals surface area contributed by atoms with E-state index in [1.165, 1.54) is 0 Å². The van der Waals surface area contributed by atoms with Crippen LogP contribution in [-0.2, 0) is 9.53 Å². The molecule has 1 atom stereocenters. The standard InChI is InChI=1S/C9H16NO3/c1-3-5-10-6-8(11)7-13-9(12)4-2/h4,8,10-11H,1-3,5-7H2. The molecular formula is C9H16NO3. The first kappa shape index (κ1) is 12.1. The summed E-state index contributed by atoms with van der Waals surface area (Å²) in [7, 11) is 0. The van der Waals surface area contributed by atoms with Crippen molar-refractivity contribution in [2.75, 3.05) is 19.7 Å². The van der Waals surface area contributed by atoms with Crippen molar-refractivity contribution in [3.05, 3.63) is 19.6 Å². The summed E-state index contributed by atoms with van der Waals surface area (Å²) in [6, 6.07) is 0. The van der Waals surface area contributed by atoms with Crippen molar-refractivity contribution < 1.29 is 14.6 Å². The molecule has 0 saturated carbocycles. The first-order valence-electron chi connectivity index (χ1n) is 4.18. The fourth-order valence-electron chi connectivity index (χ4n) is 0.690. The van der Waals surface area contributed by atoms with Gasteiger partial charge in [0.1, 0.15) is 12.7 Å². The molecule has 0 aliphatic rings. The topological polar surface area (TPSA) is 58.6 Å². The van der Waals surface area contributed by atoms with Gasteiger partial charge in [-0.3, -0.25) is 0 Å². The Hall–Kier alpha value is -0.870. The Labute approximate surface area is 78.6 Å². The third kappa shape index (κ3) is 7.49. The number of carbonyl (C=O) groups excluding carboxylic acids is 1. The highest BCUT2D eigenvalue weighted by Crippen LogP contribution is 1.86. The second-order valence-corrected chi connectivity index (χ2v) is 2.55. The molecule has 0 aromatic carbocycles. The number of aliphatic hydroxyl groups excluding tert-OH is 1. The van der Waals surface area contributed by atoms with Crippen LogP contribution < -0.4 is 5.32 Å². The van der Waals surface area contributed by atoms with Crippen molar-refractivity contribution in [1.82, 2.24) is 5.32 Å². The zero-order valence-corrected chi connectivity index (χ0v) is 7.66. The summed E-state index contributed by atoms with van der Waals surface area (Å²) in [4.78, 5) is 10.6.